The summed E-state index contributed by atoms with van der Waals surface area (Å²) in [6.07, 6.45) is 5.97. The summed E-state index contributed by atoms with van der Waals surface area (Å²) in [4.78, 5) is 57.0. The fraction of sp³-hybridized carbons (Fsp3) is 0.625. The molecule has 4 amide bonds. The number of aromatic nitrogens is 2. The van der Waals surface area contributed by atoms with E-state index in [-0.39, 0.29) is 35.7 Å². The van der Waals surface area contributed by atoms with Gasteiger partial charge in [0.2, 0.25) is 29.4 Å². The molecule has 1 aliphatic carbocycles. The second-order valence-corrected chi connectivity index (χ2v) is 12.2. The van der Waals surface area contributed by atoms with Gasteiger partial charge in [0.05, 0.1) is 5.69 Å². The molecule has 1 aromatic heterocycles. The van der Waals surface area contributed by atoms with E-state index in [0.29, 0.717) is 43.6 Å². The summed E-state index contributed by atoms with van der Waals surface area (Å²) >= 11 is 0. The van der Waals surface area contributed by atoms with Crippen LogP contribution in [-0.2, 0) is 25.6 Å². The van der Waals surface area contributed by atoms with Gasteiger partial charge in [-0.15, -0.1) is 0 Å². The minimum Gasteiger partial charge on any atom is -0.344 e. The maximum Gasteiger partial charge on any atom is 0.245 e. The molecule has 45 heavy (non-hydrogen) atoms. The van der Waals surface area contributed by atoms with Gasteiger partial charge in [-0.25, -0.2) is 9.02 Å². The molecule has 1 saturated heterocycles. The predicted octanol–water partition coefficient (Wildman–Crippen LogP) is 3.71. The summed E-state index contributed by atoms with van der Waals surface area (Å²) in [7, 11) is 1.99. The van der Waals surface area contributed by atoms with Crippen molar-refractivity contribution in [2.24, 2.45) is 11.8 Å². The van der Waals surface area contributed by atoms with E-state index >= 15 is 4.39 Å². The Labute approximate surface area is 263 Å². The zero-order valence-corrected chi connectivity index (χ0v) is 26.7. The molecule has 0 radical (unpaired) electrons. The Balaban J connectivity index is 1.53. The number of carbonyl (C=O) groups is 4. The molecule has 3 N–H and O–H groups in total. The van der Waals surface area contributed by atoms with E-state index in [1.165, 1.54) is 12.1 Å². The molecular weight excluding hydrogens is 581 g/mol. The van der Waals surface area contributed by atoms with E-state index < -0.39 is 35.5 Å². The van der Waals surface area contributed by atoms with Gasteiger partial charge in [-0.1, -0.05) is 57.7 Å². The van der Waals surface area contributed by atoms with Gasteiger partial charge in [0.1, 0.15) is 23.5 Å². The smallest absolute Gasteiger partial charge is 0.245 e. The summed E-state index contributed by atoms with van der Waals surface area (Å²) in [5, 5.41) is 15.8. The lowest BCUT2D eigenvalue weighted by Crippen LogP contribution is -2.55. The van der Waals surface area contributed by atoms with Crippen LogP contribution in [0.25, 0.3) is 0 Å². The molecule has 246 valence electrons. The molecule has 0 unspecified atom stereocenters. The lowest BCUT2D eigenvalue weighted by molar-refractivity contribution is -0.138. The van der Waals surface area contributed by atoms with E-state index in [1.807, 2.05) is 14.0 Å². The fourth-order valence-electron chi connectivity index (χ4n) is 6.14. The van der Waals surface area contributed by atoms with Crippen LogP contribution in [0.3, 0.4) is 0 Å². The number of aryl methyl sites for hydroxylation is 1. The van der Waals surface area contributed by atoms with Gasteiger partial charge in [0.15, 0.2) is 0 Å². The van der Waals surface area contributed by atoms with Gasteiger partial charge < -0.3 is 25.8 Å². The Morgan fingerprint density at radius 3 is 2.27 bits per heavy atom. The molecule has 2 aromatic rings. The number of halogens is 1. The lowest BCUT2D eigenvalue weighted by Gasteiger charge is -2.36. The van der Waals surface area contributed by atoms with Crippen molar-refractivity contribution >= 4 is 35.1 Å². The SMILES string of the molecule is CCC(=O)N[C@@H](C(=O)N1CCN(C)CC1)[C@@H](C)c1ccc(NC(=O)[C@@H](C(=O)Nc2nonc2CC)C2CCCCCC2)c(F)c1. The van der Waals surface area contributed by atoms with Crippen molar-refractivity contribution in [2.75, 3.05) is 43.9 Å². The van der Waals surface area contributed by atoms with E-state index in [9.17, 15) is 19.2 Å². The molecule has 1 aliphatic heterocycles. The summed E-state index contributed by atoms with van der Waals surface area (Å²) in [6.45, 7) is 7.88. The highest BCUT2D eigenvalue weighted by Gasteiger charge is 2.37. The van der Waals surface area contributed by atoms with Gasteiger partial charge in [-0.05, 0) is 55.1 Å². The Bertz CT molecular complexity index is 1330. The topological polar surface area (TPSA) is 150 Å². The van der Waals surface area contributed by atoms with Crippen molar-refractivity contribution in [2.45, 2.75) is 84.1 Å². The van der Waals surface area contributed by atoms with Gasteiger partial charge in [0, 0.05) is 38.5 Å². The monoisotopic (exact) mass is 627 g/mol. The normalized spacial score (nSPS) is 18.4. The third-order valence-corrected chi connectivity index (χ3v) is 9.06. The van der Waals surface area contributed by atoms with Crippen LogP contribution >= 0.6 is 0 Å². The average molecular weight is 628 g/mol. The number of hydrogen-bond acceptors (Lipinski definition) is 8. The number of piperazine rings is 1. The highest BCUT2D eigenvalue weighted by molar-refractivity contribution is 6.11. The summed E-state index contributed by atoms with van der Waals surface area (Å²) in [6, 6.07) is 3.48. The second-order valence-electron chi connectivity index (χ2n) is 12.2. The number of benzene rings is 1. The van der Waals surface area contributed by atoms with Gasteiger partial charge in [-0.2, -0.15) is 0 Å². The number of anilines is 2. The van der Waals surface area contributed by atoms with Crippen LogP contribution in [-0.4, -0.2) is 83.0 Å². The number of rotatable bonds is 11. The van der Waals surface area contributed by atoms with Crippen molar-refractivity contribution in [3.8, 4) is 0 Å². The molecule has 12 nitrogen and oxygen atoms in total. The first kappa shape index (κ1) is 34.0. The number of nitrogens with zero attached hydrogens (tertiary/aromatic N) is 4. The largest absolute Gasteiger partial charge is 0.344 e. The Morgan fingerprint density at radius 1 is 0.978 bits per heavy atom. The third kappa shape index (κ3) is 8.65. The number of carbonyl (C=O) groups excluding carboxylic acids is 4. The van der Waals surface area contributed by atoms with Crippen molar-refractivity contribution in [3.63, 3.8) is 0 Å². The van der Waals surface area contributed by atoms with Crippen LogP contribution in [0.2, 0.25) is 0 Å². The Hall–Kier alpha value is -3.87. The first-order chi connectivity index (χ1) is 21.6. The molecule has 2 aliphatic rings. The van der Waals surface area contributed by atoms with E-state index in [2.05, 4.69) is 31.2 Å². The van der Waals surface area contributed by atoms with Crippen molar-refractivity contribution < 1.29 is 28.2 Å². The highest BCUT2D eigenvalue weighted by Crippen LogP contribution is 2.32. The van der Waals surface area contributed by atoms with Gasteiger partial charge in [0.25, 0.3) is 0 Å². The van der Waals surface area contributed by atoms with Crippen LogP contribution in [0.4, 0.5) is 15.9 Å². The van der Waals surface area contributed by atoms with E-state index in [1.54, 1.807) is 24.8 Å². The molecule has 1 saturated carbocycles. The van der Waals surface area contributed by atoms with Crippen molar-refractivity contribution in [3.05, 3.63) is 35.3 Å². The summed E-state index contributed by atoms with van der Waals surface area (Å²) < 4.78 is 20.4. The van der Waals surface area contributed by atoms with Crippen LogP contribution in [0, 0.1) is 17.7 Å². The standard InChI is InChI=1S/C32H46FN7O5/c1-5-24-29(38-45-37-24)36-31(43)27(21-11-9-7-8-10-12-21)30(42)34-25-14-13-22(19-23(25)33)20(3)28(35-26(41)6-2)32(44)40-17-15-39(4)16-18-40/h13-14,19-21,27-28H,5-12,15-18H2,1-4H3,(H,34,42)(H,35,41)(H,36,38,43)/t20-,27-,28+/m0/s1. The molecular formula is C32H46FN7O5. The molecule has 2 heterocycles. The molecule has 0 spiro atoms. The van der Waals surface area contributed by atoms with E-state index in [0.717, 1.165) is 38.8 Å². The molecule has 13 heteroatoms. The molecule has 3 atom stereocenters. The first-order valence-corrected chi connectivity index (χ1v) is 16.1. The minimum atomic E-state index is -1.07. The molecule has 1 aromatic carbocycles. The van der Waals surface area contributed by atoms with Crippen LogP contribution in [0.5, 0.6) is 0 Å². The summed E-state index contributed by atoms with van der Waals surface area (Å²) in [5.41, 5.74) is 0.899. The maximum atomic E-state index is 15.6. The zero-order chi connectivity index (χ0) is 32.5. The van der Waals surface area contributed by atoms with Crippen LogP contribution in [0.1, 0.15) is 82.9 Å². The molecule has 4 rings (SSSR count). The number of amides is 4. The second kappa shape index (κ2) is 15.9. The number of likely N-dealkylation sites (N-methyl/N-ethyl adjacent to an activating group) is 1. The quantitative estimate of drug-likeness (QED) is 0.252. The maximum absolute atomic E-state index is 15.6. The van der Waals surface area contributed by atoms with Crippen molar-refractivity contribution in [1.29, 1.82) is 0 Å². The molecule has 2 fully saturated rings. The lowest BCUT2D eigenvalue weighted by atomic mass is 9.84. The highest BCUT2D eigenvalue weighted by atomic mass is 19.1. The van der Waals surface area contributed by atoms with Crippen LogP contribution < -0.4 is 16.0 Å². The van der Waals surface area contributed by atoms with Gasteiger partial charge in [-0.3, -0.25) is 19.2 Å². The molecule has 0 bridgehead atoms. The Morgan fingerprint density at radius 2 is 1.64 bits per heavy atom. The third-order valence-electron chi connectivity index (χ3n) is 9.06. The van der Waals surface area contributed by atoms with Crippen LogP contribution in [0.15, 0.2) is 22.8 Å². The number of hydrogen-bond donors (Lipinski definition) is 3. The van der Waals surface area contributed by atoms with E-state index in [4.69, 9.17) is 4.63 Å². The number of nitrogens with one attached hydrogen (secondary N) is 3. The predicted molar refractivity (Wildman–Crippen MR) is 167 cm³/mol. The first-order valence-electron chi connectivity index (χ1n) is 16.1. The fourth-order valence-corrected chi connectivity index (χ4v) is 6.14. The minimum absolute atomic E-state index is 0.0701. The zero-order valence-electron chi connectivity index (χ0n) is 26.7. The van der Waals surface area contributed by atoms with Crippen molar-refractivity contribution in [1.82, 2.24) is 25.4 Å². The summed E-state index contributed by atoms with van der Waals surface area (Å²) in [5.74, 6) is -3.97. The Kier molecular flexibility index (Phi) is 12.0. The average Bonchev–Trinajstić information content (AvgIpc) is 3.31. The van der Waals surface area contributed by atoms with Gasteiger partial charge >= 0.3 is 0 Å².